The first-order valence-corrected chi connectivity index (χ1v) is 12.3. The molecule has 1 heterocycles. The molecule has 2 unspecified atom stereocenters. The summed E-state index contributed by atoms with van der Waals surface area (Å²) in [6.45, 7) is 1.83. The van der Waals surface area contributed by atoms with Crippen molar-refractivity contribution in [1.82, 2.24) is 10.6 Å². The van der Waals surface area contributed by atoms with E-state index in [9.17, 15) is 18.0 Å². The monoisotopic (exact) mass is 483 g/mol. The van der Waals surface area contributed by atoms with Gasteiger partial charge in [-0.15, -0.1) is 11.8 Å². The van der Waals surface area contributed by atoms with Crippen molar-refractivity contribution in [2.24, 2.45) is 0 Å². The van der Waals surface area contributed by atoms with Gasteiger partial charge in [-0.1, -0.05) is 17.7 Å². The Balaban J connectivity index is 1.54. The highest BCUT2D eigenvalue weighted by atomic mass is 35.5. The molecule has 0 saturated carbocycles. The number of ether oxygens (including phenoxy) is 1. The molecule has 11 heteroatoms. The highest BCUT2D eigenvalue weighted by molar-refractivity contribution is 8.00. The second kappa shape index (κ2) is 9.90. The number of benzene rings is 2. The average molecular weight is 484 g/mol. The average Bonchev–Trinajstić information content (AvgIpc) is 2.74. The molecule has 2 aromatic carbocycles. The number of carbonyl (C=O) groups is 2. The lowest BCUT2D eigenvalue weighted by atomic mass is 10.2. The van der Waals surface area contributed by atoms with Crippen LogP contribution in [0.5, 0.6) is 5.75 Å². The zero-order chi connectivity index (χ0) is 22.6. The van der Waals surface area contributed by atoms with Crippen LogP contribution in [0.1, 0.15) is 5.56 Å². The van der Waals surface area contributed by atoms with Crippen LogP contribution in [-0.4, -0.2) is 50.4 Å². The fraction of sp³-hybridized carbons (Fsp3) is 0.300. The van der Waals surface area contributed by atoms with Crippen molar-refractivity contribution >= 4 is 50.7 Å². The maximum absolute atomic E-state index is 12.8. The van der Waals surface area contributed by atoms with Crippen LogP contribution < -0.4 is 20.7 Å². The van der Waals surface area contributed by atoms with E-state index >= 15 is 0 Å². The number of sulfone groups is 1. The Morgan fingerprint density at radius 2 is 1.97 bits per heavy atom. The fourth-order valence-corrected chi connectivity index (χ4v) is 5.52. The van der Waals surface area contributed by atoms with Crippen molar-refractivity contribution < 1.29 is 22.7 Å². The summed E-state index contributed by atoms with van der Waals surface area (Å²) in [5.41, 5.74) is 0.892. The van der Waals surface area contributed by atoms with E-state index in [1.54, 1.807) is 12.1 Å². The summed E-state index contributed by atoms with van der Waals surface area (Å²) in [6, 6.07) is 11.2. The van der Waals surface area contributed by atoms with Crippen molar-refractivity contribution in [2.75, 3.05) is 24.7 Å². The van der Waals surface area contributed by atoms with E-state index in [1.807, 2.05) is 13.0 Å². The van der Waals surface area contributed by atoms with Gasteiger partial charge < -0.3 is 15.4 Å². The Labute approximate surface area is 190 Å². The van der Waals surface area contributed by atoms with Gasteiger partial charge in [0.05, 0.1) is 28.5 Å². The molecule has 2 aromatic rings. The summed E-state index contributed by atoms with van der Waals surface area (Å²) in [5.74, 6) is -0.349. The zero-order valence-electron chi connectivity index (χ0n) is 16.8. The number of carbonyl (C=O) groups excluding carboxylic acids is 2. The smallest absolute Gasteiger partial charge is 0.241 e. The molecule has 1 saturated heterocycles. The van der Waals surface area contributed by atoms with E-state index in [4.69, 9.17) is 16.3 Å². The third kappa shape index (κ3) is 5.70. The number of hydrogen-bond donors (Lipinski definition) is 3. The van der Waals surface area contributed by atoms with Crippen LogP contribution in [0.25, 0.3) is 0 Å². The van der Waals surface area contributed by atoms with Crippen molar-refractivity contribution in [3.05, 3.63) is 53.1 Å². The van der Waals surface area contributed by atoms with Crippen LogP contribution in [0, 0.1) is 6.92 Å². The minimum absolute atomic E-state index is 0.0377. The standard InChI is InChI=1S/C20H22ClN3O5S2/c1-12-3-8-16(15(21)9-12)23-18(25)11-30-20-22-10-17(19(26)24-20)31(27,28)14-6-4-13(29-2)5-7-14/h3-9,17,20,22H,10-11H2,1-2H3,(H,23,25)(H,24,26). The second-order valence-corrected chi connectivity index (χ2v) is 10.5. The van der Waals surface area contributed by atoms with Gasteiger partial charge in [-0.3, -0.25) is 14.9 Å². The molecule has 2 amide bonds. The van der Waals surface area contributed by atoms with Crippen molar-refractivity contribution in [3.8, 4) is 5.75 Å². The number of aryl methyl sites for hydroxylation is 1. The first kappa shape index (κ1) is 23.4. The molecule has 8 nitrogen and oxygen atoms in total. The van der Waals surface area contributed by atoms with Gasteiger partial charge in [-0.05, 0) is 48.9 Å². The highest BCUT2D eigenvalue weighted by Crippen LogP contribution is 2.24. The Kier molecular flexibility index (Phi) is 7.47. The first-order valence-electron chi connectivity index (χ1n) is 9.30. The maximum atomic E-state index is 12.8. The largest absolute Gasteiger partial charge is 0.497 e. The van der Waals surface area contributed by atoms with Crippen molar-refractivity contribution in [3.63, 3.8) is 0 Å². The molecular weight excluding hydrogens is 462 g/mol. The normalized spacial score (nSPS) is 18.9. The number of rotatable bonds is 7. The molecule has 0 spiro atoms. The molecule has 0 bridgehead atoms. The Hall–Kier alpha value is -2.27. The number of methoxy groups -OCH3 is 1. The molecule has 1 aliphatic heterocycles. The molecular formula is C20H22ClN3O5S2. The van der Waals surface area contributed by atoms with Gasteiger partial charge in [-0.2, -0.15) is 0 Å². The Morgan fingerprint density at radius 3 is 2.58 bits per heavy atom. The number of hydrogen-bond acceptors (Lipinski definition) is 7. The third-order valence-electron chi connectivity index (χ3n) is 4.60. The van der Waals surface area contributed by atoms with E-state index < -0.39 is 26.5 Å². The van der Waals surface area contributed by atoms with E-state index in [1.165, 1.54) is 31.4 Å². The number of amides is 2. The molecule has 31 heavy (non-hydrogen) atoms. The summed E-state index contributed by atoms with van der Waals surface area (Å²) < 4.78 is 30.6. The fourth-order valence-electron chi connectivity index (χ4n) is 2.93. The van der Waals surface area contributed by atoms with Crippen molar-refractivity contribution in [2.45, 2.75) is 22.6 Å². The van der Waals surface area contributed by atoms with Gasteiger partial charge in [0, 0.05) is 6.54 Å². The number of halogens is 1. The third-order valence-corrected chi connectivity index (χ3v) is 8.02. The van der Waals surface area contributed by atoms with E-state index in [2.05, 4.69) is 16.0 Å². The lowest BCUT2D eigenvalue weighted by Gasteiger charge is -2.29. The summed E-state index contributed by atoms with van der Waals surface area (Å²) in [6.07, 6.45) is 0. The van der Waals surface area contributed by atoms with Crippen molar-refractivity contribution in [1.29, 1.82) is 0 Å². The quantitative estimate of drug-likeness (QED) is 0.553. The number of thioether (sulfide) groups is 1. The molecule has 0 aliphatic carbocycles. The summed E-state index contributed by atoms with van der Waals surface area (Å²) in [5, 5.41) is 7.45. The molecule has 3 rings (SSSR count). The van der Waals surface area contributed by atoms with Crippen LogP contribution in [0.4, 0.5) is 5.69 Å². The van der Waals surface area contributed by atoms with E-state index in [0.29, 0.717) is 16.5 Å². The van der Waals surface area contributed by atoms with Gasteiger partial charge >= 0.3 is 0 Å². The SMILES string of the molecule is COc1ccc(S(=O)(=O)C2CNC(SCC(=O)Nc3ccc(C)cc3Cl)NC2=O)cc1. The predicted molar refractivity (Wildman–Crippen MR) is 121 cm³/mol. The van der Waals surface area contributed by atoms with Crippen LogP contribution in [0.15, 0.2) is 47.4 Å². The number of anilines is 1. The van der Waals surface area contributed by atoms with Crippen LogP contribution in [0.3, 0.4) is 0 Å². The van der Waals surface area contributed by atoms with Crippen LogP contribution >= 0.6 is 23.4 Å². The summed E-state index contributed by atoms with van der Waals surface area (Å²) >= 11 is 7.25. The zero-order valence-corrected chi connectivity index (χ0v) is 19.2. The Bertz CT molecular complexity index is 1080. The predicted octanol–water partition coefficient (Wildman–Crippen LogP) is 2.17. The minimum atomic E-state index is -3.87. The molecule has 166 valence electrons. The minimum Gasteiger partial charge on any atom is -0.497 e. The van der Waals surface area contributed by atoms with Gasteiger partial charge in [0.25, 0.3) is 0 Å². The first-order chi connectivity index (χ1) is 14.7. The lowest BCUT2D eigenvalue weighted by molar-refractivity contribution is -0.122. The topological polar surface area (TPSA) is 114 Å². The molecule has 1 fully saturated rings. The summed E-state index contributed by atoms with van der Waals surface area (Å²) in [7, 11) is -2.39. The number of nitrogens with one attached hydrogen (secondary N) is 3. The summed E-state index contributed by atoms with van der Waals surface area (Å²) in [4.78, 5) is 24.7. The molecule has 0 radical (unpaired) electrons. The van der Waals surface area contributed by atoms with E-state index in [0.717, 1.165) is 17.3 Å². The molecule has 2 atom stereocenters. The van der Waals surface area contributed by atoms with Crippen LogP contribution in [-0.2, 0) is 19.4 Å². The van der Waals surface area contributed by atoms with Gasteiger partial charge in [0.1, 0.15) is 11.2 Å². The lowest BCUT2D eigenvalue weighted by Crippen LogP contribution is -2.59. The van der Waals surface area contributed by atoms with E-state index in [-0.39, 0.29) is 23.1 Å². The van der Waals surface area contributed by atoms with Gasteiger partial charge in [0.15, 0.2) is 15.1 Å². The molecule has 3 N–H and O–H groups in total. The van der Waals surface area contributed by atoms with Gasteiger partial charge in [-0.25, -0.2) is 8.42 Å². The van der Waals surface area contributed by atoms with Gasteiger partial charge in [0.2, 0.25) is 11.8 Å². The Morgan fingerprint density at radius 1 is 1.26 bits per heavy atom. The maximum Gasteiger partial charge on any atom is 0.241 e. The molecule has 1 aliphatic rings. The molecule has 0 aromatic heterocycles. The van der Waals surface area contributed by atoms with Crippen LogP contribution in [0.2, 0.25) is 5.02 Å². The second-order valence-electron chi connectivity index (χ2n) is 6.85. The highest BCUT2D eigenvalue weighted by Gasteiger charge is 2.38.